The van der Waals surface area contributed by atoms with Crippen molar-refractivity contribution < 1.29 is 18.4 Å². The van der Waals surface area contributed by atoms with Crippen molar-refractivity contribution in [2.24, 2.45) is 0 Å². The molecule has 4 rings (SSSR count). The van der Waals surface area contributed by atoms with Crippen molar-refractivity contribution in [1.82, 2.24) is 4.98 Å². The summed E-state index contributed by atoms with van der Waals surface area (Å²) < 4.78 is 16.8. The second-order valence-electron chi connectivity index (χ2n) is 6.57. The third kappa shape index (κ3) is 4.21. The third-order valence-corrected chi connectivity index (χ3v) is 4.49. The minimum atomic E-state index is -0.349. The van der Waals surface area contributed by atoms with Gasteiger partial charge in [0.15, 0.2) is 5.76 Å². The smallest absolute Gasteiger partial charge is 0.291 e. The van der Waals surface area contributed by atoms with Crippen LogP contribution < -0.4 is 10.1 Å². The van der Waals surface area contributed by atoms with E-state index in [0.717, 1.165) is 22.8 Å². The molecule has 0 fully saturated rings. The van der Waals surface area contributed by atoms with Crippen LogP contribution in [0.3, 0.4) is 0 Å². The summed E-state index contributed by atoms with van der Waals surface area (Å²) in [6, 6.07) is 18.5. The molecule has 0 atom stereocenters. The van der Waals surface area contributed by atoms with E-state index in [9.17, 15) is 4.79 Å². The number of benzene rings is 2. The standard InChI is InChI=1S/C23H20N2O4/c1-15-16(2)29-23(24-15)17-7-6-8-19(13-17)25-22(26)21-18(11-12-27-21)14-28-20-9-4-3-5-10-20/h3-13H,14H2,1-2H3,(H,25,26). The molecule has 2 aromatic carbocycles. The molecule has 0 spiro atoms. The Morgan fingerprint density at radius 3 is 2.66 bits per heavy atom. The highest BCUT2D eigenvalue weighted by Crippen LogP contribution is 2.25. The number of aryl methyl sites for hydroxylation is 2. The van der Waals surface area contributed by atoms with Gasteiger partial charge in [-0.1, -0.05) is 24.3 Å². The average Bonchev–Trinajstić information content (AvgIpc) is 3.34. The normalized spacial score (nSPS) is 10.7. The lowest BCUT2D eigenvalue weighted by molar-refractivity contribution is 0.0993. The highest BCUT2D eigenvalue weighted by molar-refractivity contribution is 6.03. The second-order valence-corrected chi connectivity index (χ2v) is 6.57. The van der Waals surface area contributed by atoms with Crippen molar-refractivity contribution in [2.75, 3.05) is 5.32 Å². The van der Waals surface area contributed by atoms with Gasteiger partial charge in [0.2, 0.25) is 5.89 Å². The molecule has 0 radical (unpaired) electrons. The zero-order chi connectivity index (χ0) is 20.2. The maximum atomic E-state index is 12.7. The lowest BCUT2D eigenvalue weighted by Gasteiger charge is -2.08. The number of nitrogens with one attached hydrogen (secondary N) is 1. The van der Waals surface area contributed by atoms with E-state index >= 15 is 0 Å². The summed E-state index contributed by atoms with van der Waals surface area (Å²) in [6.45, 7) is 4.00. The minimum absolute atomic E-state index is 0.217. The summed E-state index contributed by atoms with van der Waals surface area (Å²) >= 11 is 0. The Labute approximate surface area is 168 Å². The Balaban J connectivity index is 1.47. The monoisotopic (exact) mass is 388 g/mol. The van der Waals surface area contributed by atoms with Gasteiger partial charge in [-0.25, -0.2) is 4.98 Å². The second kappa shape index (κ2) is 8.06. The van der Waals surface area contributed by atoms with Crippen LogP contribution in [0.4, 0.5) is 5.69 Å². The molecule has 29 heavy (non-hydrogen) atoms. The maximum Gasteiger partial charge on any atom is 0.291 e. The molecule has 146 valence electrons. The van der Waals surface area contributed by atoms with Gasteiger partial charge in [0.1, 0.15) is 18.1 Å². The van der Waals surface area contributed by atoms with Gasteiger partial charge in [0.25, 0.3) is 5.91 Å². The maximum absolute atomic E-state index is 12.7. The molecule has 0 bridgehead atoms. The molecule has 2 aromatic heterocycles. The van der Waals surface area contributed by atoms with Crippen LogP contribution in [0.15, 0.2) is 75.8 Å². The number of aromatic nitrogens is 1. The zero-order valence-electron chi connectivity index (χ0n) is 16.1. The number of ether oxygens (including phenoxy) is 1. The quantitative estimate of drug-likeness (QED) is 0.480. The predicted molar refractivity (Wildman–Crippen MR) is 109 cm³/mol. The van der Waals surface area contributed by atoms with Crippen molar-refractivity contribution in [3.05, 3.63) is 89.7 Å². The highest BCUT2D eigenvalue weighted by Gasteiger charge is 2.17. The first-order chi connectivity index (χ1) is 14.1. The summed E-state index contributed by atoms with van der Waals surface area (Å²) in [4.78, 5) is 17.1. The Kier molecular flexibility index (Phi) is 5.16. The van der Waals surface area contributed by atoms with E-state index in [2.05, 4.69) is 10.3 Å². The van der Waals surface area contributed by atoms with Crippen molar-refractivity contribution in [1.29, 1.82) is 0 Å². The average molecular weight is 388 g/mol. The van der Waals surface area contributed by atoms with E-state index in [1.165, 1.54) is 6.26 Å². The summed E-state index contributed by atoms with van der Waals surface area (Å²) in [5, 5.41) is 2.86. The van der Waals surface area contributed by atoms with Crippen LogP contribution in [0.25, 0.3) is 11.5 Å². The van der Waals surface area contributed by atoms with Crippen molar-refractivity contribution in [3.63, 3.8) is 0 Å². The lowest BCUT2D eigenvalue weighted by atomic mass is 10.2. The number of hydrogen-bond acceptors (Lipinski definition) is 5. The number of carbonyl (C=O) groups excluding carboxylic acids is 1. The van der Waals surface area contributed by atoms with E-state index in [-0.39, 0.29) is 18.3 Å². The Bertz CT molecular complexity index is 1110. The van der Waals surface area contributed by atoms with E-state index in [0.29, 0.717) is 17.1 Å². The first kappa shape index (κ1) is 18.6. The van der Waals surface area contributed by atoms with Gasteiger partial charge in [-0.15, -0.1) is 0 Å². The lowest BCUT2D eigenvalue weighted by Crippen LogP contribution is -2.13. The Morgan fingerprint density at radius 1 is 1.07 bits per heavy atom. The SMILES string of the molecule is Cc1nc(-c2cccc(NC(=O)c3occc3COc3ccccc3)c2)oc1C. The molecule has 1 amide bonds. The van der Waals surface area contributed by atoms with Gasteiger partial charge in [0, 0.05) is 16.8 Å². The van der Waals surface area contributed by atoms with Gasteiger partial charge < -0.3 is 18.9 Å². The van der Waals surface area contributed by atoms with Gasteiger partial charge in [0.05, 0.1) is 12.0 Å². The van der Waals surface area contributed by atoms with Crippen LogP contribution in [0.2, 0.25) is 0 Å². The number of nitrogens with zero attached hydrogens (tertiary/aromatic N) is 1. The number of oxazole rings is 1. The molecule has 2 heterocycles. The van der Waals surface area contributed by atoms with Gasteiger partial charge in [-0.2, -0.15) is 0 Å². The van der Waals surface area contributed by atoms with E-state index < -0.39 is 0 Å². The molecular weight excluding hydrogens is 368 g/mol. The number of carbonyl (C=O) groups is 1. The van der Waals surface area contributed by atoms with Crippen molar-refractivity contribution >= 4 is 11.6 Å². The molecule has 0 saturated carbocycles. The first-order valence-corrected chi connectivity index (χ1v) is 9.20. The van der Waals surface area contributed by atoms with E-state index in [1.807, 2.05) is 62.4 Å². The van der Waals surface area contributed by atoms with Crippen molar-refractivity contribution in [2.45, 2.75) is 20.5 Å². The Hall–Kier alpha value is -3.80. The molecular formula is C23H20N2O4. The number of anilines is 1. The van der Waals surface area contributed by atoms with E-state index in [1.54, 1.807) is 12.1 Å². The van der Waals surface area contributed by atoms with Crippen LogP contribution in [0, 0.1) is 13.8 Å². The largest absolute Gasteiger partial charge is 0.489 e. The molecule has 6 heteroatoms. The molecule has 6 nitrogen and oxygen atoms in total. The molecule has 0 aliphatic heterocycles. The van der Waals surface area contributed by atoms with Gasteiger partial charge in [-0.05, 0) is 50.2 Å². The Morgan fingerprint density at radius 2 is 1.90 bits per heavy atom. The number of rotatable bonds is 6. The summed E-state index contributed by atoms with van der Waals surface area (Å²) in [7, 11) is 0. The fourth-order valence-corrected chi connectivity index (χ4v) is 2.84. The zero-order valence-corrected chi connectivity index (χ0v) is 16.1. The fraction of sp³-hybridized carbons (Fsp3) is 0.130. The first-order valence-electron chi connectivity index (χ1n) is 9.20. The highest BCUT2D eigenvalue weighted by atomic mass is 16.5. The molecule has 0 aliphatic rings. The van der Waals surface area contributed by atoms with Crippen LogP contribution in [0.1, 0.15) is 27.6 Å². The van der Waals surface area contributed by atoms with Crippen LogP contribution in [-0.2, 0) is 6.61 Å². The van der Waals surface area contributed by atoms with E-state index in [4.69, 9.17) is 13.6 Å². The number of para-hydroxylation sites is 1. The molecule has 0 saturated heterocycles. The predicted octanol–water partition coefficient (Wildman–Crippen LogP) is 5.38. The van der Waals surface area contributed by atoms with Gasteiger partial charge >= 0.3 is 0 Å². The fourth-order valence-electron chi connectivity index (χ4n) is 2.84. The van der Waals surface area contributed by atoms with Crippen LogP contribution in [-0.4, -0.2) is 10.9 Å². The van der Waals surface area contributed by atoms with Gasteiger partial charge in [-0.3, -0.25) is 4.79 Å². The molecule has 4 aromatic rings. The summed E-state index contributed by atoms with van der Waals surface area (Å²) in [6.07, 6.45) is 1.48. The van der Waals surface area contributed by atoms with Crippen LogP contribution >= 0.6 is 0 Å². The number of amides is 1. The molecule has 1 N–H and O–H groups in total. The topological polar surface area (TPSA) is 77.5 Å². The summed E-state index contributed by atoms with van der Waals surface area (Å²) in [5.74, 6) is 1.89. The summed E-state index contributed by atoms with van der Waals surface area (Å²) in [5.41, 5.74) is 2.91. The molecule has 0 aliphatic carbocycles. The number of furan rings is 1. The minimum Gasteiger partial charge on any atom is -0.489 e. The molecule has 0 unspecified atom stereocenters. The van der Waals surface area contributed by atoms with Crippen LogP contribution in [0.5, 0.6) is 5.75 Å². The number of hydrogen-bond donors (Lipinski definition) is 1. The van der Waals surface area contributed by atoms with Crippen molar-refractivity contribution in [3.8, 4) is 17.2 Å². The third-order valence-electron chi connectivity index (χ3n) is 4.49.